The van der Waals surface area contributed by atoms with Crippen molar-refractivity contribution in [1.82, 2.24) is 15.5 Å². The van der Waals surface area contributed by atoms with Gasteiger partial charge in [0.05, 0.1) is 0 Å². The fourth-order valence-corrected chi connectivity index (χ4v) is 4.15. The molecule has 2 saturated heterocycles. The van der Waals surface area contributed by atoms with Crippen LogP contribution in [0.25, 0.3) is 0 Å². The number of ether oxygens (including phenoxy) is 1. The number of hydrogen-bond acceptors (Lipinski definition) is 5. The number of hydrogen-bond donors (Lipinski definition) is 3. The van der Waals surface area contributed by atoms with Crippen molar-refractivity contribution in [1.29, 1.82) is 0 Å². The maximum atomic E-state index is 12.9. The molecule has 2 aliphatic rings. The molecule has 2 heterocycles. The van der Waals surface area contributed by atoms with Gasteiger partial charge in [0.1, 0.15) is 11.9 Å². The zero-order chi connectivity index (χ0) is 20.6. The summed E-state index contributed by atoms with van der Waals surface area (Å²) in [7, 11) is 0. The van der Waals surface area contributed by atoms with Crippen molar-refractivity contribution < 1.29 is 14.3 Å². The molecule has 3 atom stereocenters. The van der Waals surface area contributed by atoms with Gasteiger partial charge in [0.25, 0.3) is 0 Å². The van der Waals surface area contributed by atoms with Crippen molar-refractivity contribution in [3.63, 3.8) is 0 Å². The van der Waals surface area contributed by atoms with Gasteiger partial charge in [-0.2, -0.15) is 0 Å². The van der Waals surface area contributed by atoms with E-state index in [1.807, 2.05) is 24.0 Å². The summed E-state index contributed by atoms with van der Waals surface area (Å²) in [5.41, 5.74) is 6.47. The van der Waals surface area contributed by atoms with E-state index in [1.165, 1.54) is 5.56 Å². The molecule has 3 rings (SSSR count). The monoisotopic (exact) mass is 402 g/mol. The number of rotatable bonds is 10. The SMILES string of the molecule is C[C@@H](CC(N)=O)CC(=O)N(CCc1ccc(O[C@H]2CCNC2)cc1)C1CCNC1. The minimum Gasteiger partial charge on any atom is -0.489 e. The highest BCUT2D eigenvalue weighted by Crippen LogP contribution is 2.19. The molecule has 0 radical (unpaired) electrons. The van der Waals surface area contributed by atoms with Crippen LogP contribution in [0.3, 0.4) is 0 Å². The predicted molar refractivity (Wildman–Crippen MR) is 113 cm³/mol. The lowest BCUT2D eigenvalue weighted by Crippen LogP contribution is -2.43. The van der Waals surface area contributed by atoms with Crippen molar-refractivity contribution in [3.8, 4) is 5.75 Å². The van der Waals surface area contributed by atoms with Gasteiger partial charge in [-0.15, -0.1) is 0 Å². The Morgan fingerprint density at radius 1 is 1.14 bits per heavy atom. The minimum absolute atomic E-state index is 0.0293. The first-order valence-corrected chi connectivity index (χ1v) is 10.8. The molecule has 2 aliphatic heterocycles. The van der Waals surface area contributed by atoms with E-state index in [0.717, 1.165) is 51.2 Å². The highest BCUT2D eigenvalue weighted by atomic mass is 16.5. The van der Waals surface area contributed by atoms with Gasteiger partial charge in [-0.1, -0.05) is 19.1 Å². The second kappa shape index (κ2) is 10.6. The number of nitrogens with two attached hydrogens (primary N) is 1. The molecule has 4 N–H and O–H groups in total. The van der Waals surface area contributed by atoms with E-state index < -0.39 is 0 Å². The van der Waals surface area contributed by atoms with Crippen LogP contribution in [-0.4, -0.2) is 61.6 Å². The van der Waals surface area contributed by atoms with Gasteiger partial charge in [0.2, 0.25) is 11.8 Å². The number of carbonyl (C=O) groups is 2. The summed E-state index contributed by atoms with van der Waals surface area (Å²) >= 11 is 0. The molecule has 1 aromatic carbocycles. The van der Waals surface area contributed by atoms with Crippen molar-refractivity contribution in [3.05, 3.63) is 29.8 Å². The van der Waals surface area contributed by atoms with Crippen LogP contribution in [0.2, 0.25) is 0 Å². The average Bonchev–Trinajstić information content (AvgIpc) is 3.37. The molecular weight excluding hydrogens is 368 g/mol. The van der Waals surface area contributed by atoms with Crippen LogP contribution in [0, 0.1) is 5.92 Å². The maximum Gasteiger partial charge on any atom is 0.223 e. The Morgan fingerprint density at radius 3 is 2.48 bits per heavy atom. The summed E-state index contributed by atoms with van der Waals surface area (Å²) in [5, 5.41) is 6.65. The Labute approximate surface area is 173 Å². The Morgan fingerprint density at radius 2 is 1.86 bits per heavy atom. The number of benzene rings is 1. The molecular formula is C22H34N4O3. The highest BCUT2D eigenvalue weighted by molar-refractivity contribution is 5.79. The third kappa shape index (κ3) is 6.72. The molecule has 0 spiro atoms. The van der Waals surface area contributed by atoms with Crippen LogP contribution < -0.4 is 21.1 Å². The molecule has 29 heavy (non-hydrogen) atoms. The lowest BCUT2D eigenvalue weighted by Gasteiger charge is -2.30. The summed E-state index contributed by atoms with van der Waals surface area (Å²) in [4.78, 5) is 26.0. The normalized spacial score (nSPS) is 22.4. The molecule has 1 unspecified atom stereocenters. The number of nitrogens with zero attached hydrogens (tertiary/aromatic N) is 1. The van der Waals surface area contributed by atoms with E-state index in [2.05, 4.69) is 22.8 Å². The Kier molecular flexibility index (Phi) is 7.89. The number of carbonyl (C=O) groups excluding carboxylic acids is 2. The Balaban J connectivity index is 1.54. The maximum absolute atomic E-state index is 12.9. The fraction of sp³-hybridized carbons (Fsp3) is 0.636. The Hall–Kier alpha value is -2.12. The van der Waals surface area contributed by atoms with Gasteiger partial charge in [-0.3, -0.25) is 9.59 Å². The second-order valence-corrected chi connectivity index (χ2v) is 8.34. The van der Waals surface area contributed by atoms with Gasteiger partial charge in [-0.25, -0.2) is 0 Å². The Bertz CT molecular complexity index is 667. The van der Waals surface area contributed by atoms with Crippen molar-refractivity contribution in [2.45, 2.75) is 51.2 Å². The smallest absolute Gasteiger partial charge is 0.223 e. The molecule has 0 saturated carbocycles. The summed E-state index contributed by atoms with van der Waals surface area (Å²) in [5.74, 6) is 0.630. The van der Waals surface area contributed by atoms with Crippen LogP contribution in [0.4, 0.5) is 0 Å². The predicted octanol–water partition coefficient (Wildman–Crippen LogP) is 1.06. The summed E-state index contributed by atoms with van der Waals surface area (Å²) in [6.07, 6.45) is 3.69. The van der Waals surface area contributed by atoms with Gasteiger partial charge in [0, 0.05) is 38.5 Å². The van der Waals surface area contributed by atoms with E-state index in [4.69, 9.17) is 10.5 Å². The van der Waals surface area contributed by atoms with Crippen molar-refractivity contribution in [2.75, 3.05) is 32.7 Å². The summed E-state index contributed by atoms with van der Waals surface area (Å²) < 4.78 is 5.98. The van der Waals surface area contributed by atoms with Crippen LogP contribution in [0.5, 0.6) is 5.75 Å². The van der Waals surface area contributed by atoms with E-state index in [-0.39, 0.29) is 36.3 Å². The first-order chi connectivity index (χ1) is 14.0. The number of amides is 2. The van der Waals surface area contributed by atoms with Crippen LogP contribution >= 0.6 is 0 Å². The van der Waals surface area contributed by atoms with Gasteiger partial charge in [-0.05, 0) is 56.0 Å². The molecule has 2 fully saturated rings. The van der Waals surface area contributed by atoms with E-state index >= 15 is 0 Å². The molecule has 0 aromatic heterocycles. The van der Waals surface area contributed by atoms with E-state index in [0.29, 0.717) is 13.0 Å². The summed E-state index contributed by atoms with van der Waals surface area (Å²) in [6, 6.07) is 8.43. The second-order valence-electron chi connectivity index (χ2n) is 8.34. The van der Waals surface area contributed by atoms with Crippen LogP contribution in [0.1, 0.15) is 38.2 Å². The van der Waals surface area contributed by atoms with Crippen molar-refractivity contribution in [2.24, 2.45) is 11.7 Å². The van der Waals surface area contributed by atoms with E-state index in [9.17, 15) is 9.59 Å². The average molecular weight is 403 g/mol. The number of primary amides is 1. The topological polar surface area (TPSA) is 96.7 Å². The molecule has 7 heteroatoms. The third-order valence-electron chi connectivity index (χ3n) is 5.75. The highest BCUT2D eigenvalue weighted by Gasteiger charge is 2.27. The zero-order valence-corrected chi connectivity index (χ0v) is 17.4. The molecule has 1 aromatic rings. The zero-order valence-electron chi connectivity index (χ0n) is 17.4. The standard InChI is InChI=1S/C22H34N4O3/c1-16(12-21(23)27)13-22(28)26(18-6-9-24-14-18)11-8-17-2-4-19(5-3-17)29-20-7-10-25-15-20/h2-5,16,18,20,24-25H,6-15H2,1H3,(H2,23,27)/t16-,18?,20-/m0/s1. The van der Waals surface area contributed by atoms with Gasteiger partial charge >= 0.3 is 0 Å². The van der Waals surface area contributed by atoms with Crippen LogP contribution in [-0.2, 0) is 16.0 Å². The lowest BCUT2D eigenvalue weighted by atomic mass is 10.0. The molecule has 0 aliphatic carbocycles. The lowest BCUT2D eigenvalue weighted by molar-refractivity contribution is -0.134. The molecule has 7 nitrogen and oxygen atoms in total. The quantitative estimate of drug-likeness (QED) is 0.544. The van der Waals surface area contributed by atoms with Gasteiger partial charge in [0.15, 0.2) is 0 Å². The molecule has 0 bridgehead atoms. The summed E-state index contributed by atoms with van der Waals surface area (Å²) in [6.45, 7) is 6.28. The third-order valence-corrected chi connectivity index (χ3v) is 5.75. The molecule has 2 amide bonds. The largest absolute Gasteiger partial charge is 0.489 e. The van der Waals surface area contributed by atoms with Gasteiger partial charge < -0.3 is 26.0 Å². The fourth-order valence-electron chi connectivity index (χ4n) is 4.15. The van der Waals surface area contributed by atoms with Crippen molar-refractivity contribution >= 4 is 11.8 Å². The minimum atomic E-state index is -0.352. The van der Waals surface area contributed by atoms with Crippen LogP contribution in [0.15, 0.2) is 24.3 Å². The molecule has 160 valence electrons. The number of nitrogens with one attached hydrogen (secondary N) is 2. The first-order valence-electron chi connectivity index (χ1n) is 10.8. The van der Waals surface area contributed by atoms with E-state index in [1.54, 1.807) is 0 Å². The first kappa shape index (κ1) is 21.6.